The maximum absolute atomic E-state index is 12.6. The van der Waals surface area contributed by atoms with Gasteiger partial charge in [0.05, 0.1) is 12.0 Å². The van der Waals surface area contributed by atoms with Crippen molar-refractivity contribution in [2.75, 3.05) is 0 Å². The molecule has 0 unspecified atom stereocenters. The smallest absolute Gasteiger partial charge is 0.392 e. The van der Waals surface area contributed by atoms with Gasteiger partial charge in [0.15, 0.2) is 0 Å². The summed E-state index contributed by atoms with van der Waals surface area (Å²) in [5, 5.41) is 9.52. The molecule has 1 nitrogen and oxygen atoms in total. The standard InChI is InChI=1S/C12H21F3O/c1-4-5-6-11(16)10(12(13,14)15)8-7-9(2)3/h7-11,16H,4-6H2,1-3H3/b8-7-/t10-,11+/m1/s1. The topological polar surface area (TPSA) is 20.2 Å². The highest BCUT2D eigenvalue weighted by Crippen LogP contribution is 2.32. The lowest BCUT2D eigenvalue weighted by atomic mass is 9.95. The van der Waals surface area contributed by atoms with Crippen LogP contribution in [-0.2, 0) is 0 Å². The molecule has 2 atom stereocenters. The lowest BCUT2D eigenvalue weighted by Crippen LogP contribution is -2.32. The zero-order valence-electron chi connectivity index (χ0n) is 10.1. The molecule has 0 aliphatic rings. The van der Waals surface area contributed by atoms with E-state index < -0.39 is 18.2 Å². The van der Waals surface area contributed by atoms with E-state index in [1.807, 2.05) is 20.8 Å². The van der Waals surface area contributed by atoms with Crippen molar-refractivity contribution < 1.29 is 18.3 Å². The summed E-state index contributed by atoms with van der Waals surface area (Å²) in [4.78, 5) is 0. The predicted octanol–water partition coefficient (Wildman–Crippen LogP) is 3.93. The van der Waals surface area contributed by atoms with Crippen LogP contribution in [0, 0.1) is 11.8 Å². The van der Waals surface area contributed by atoms with Crippen LogP contribution in [0.2, 0.25) is 0 Å². The van der Waals surface area contributed by atoms with Crippen LogP contribution in [0.1, 0.15) is 40.0 Å². The zero-order chi connectivity index (χ0) is 12.8. The molecule has 0 fully saturated rings. The predicted molar refractivity (Wildman–Crippen MR) is 59.1 cm³/mol. The van der Waals surface area contributed by atoms with Crippen LogP contribution in [0.25, 0.3) is 0 Å². The van der Waals surface area contributed by atoms with E-state index >= 15 is 0 Å². The molecule has 4 heteroatoms. The normalized spacial score (nSPS) is 17.0. The number of alkyl halides is 3. The van der Waals surface area contributed by atoms with Crippen LogP contribution in [0.5, 0.6) is 0 Å². The molecule has 0 saturated heterocycles. The van der Waals surface area contributed by atoms with E-state index in [0.29, 0.717) is 6.42 Å². The number of hydrogen-bond acceptors (Lipinski definition) is 1. The summed E-state index contributed by atoms with van der Waals surface area (Å²) in [6.07, 6.45) is -1.51. The van der Waals surface area contributed by atoms with Crippen molar-refractivity contribution in [3.63, 3.8) is 0 Å². The first-order valence-corrected chi connectivity index (χ1v) is 5.72. The molecule has 0 heterocycles. The summed E-state index contributed by atoms with van der Waals surface area (Å²) in [6, 6.07) is 0. The maximum atomic E-state index is 12.6. The van der Waals surface area contributed by atoms with Gasteiger partial charge in [-0.05, 0) is 12.3 Å². The molecule has 0 aliphatic carbocycles. The summed E-state index contributed by atoms with van der Waals surface area (Å²) < 4.78 is 37.9. The molecule has 0 rings (SSSR count). The van der Waals surface area contributed by atoms with Crippen molar-refractivity contribution in [1.82, 2.24) is 0 Å². The third-order valence-electron chi connectivity index (χ3n) is 2.35. The minimum atomic E-state index is -4.36. The van der Waals surface area contributed by atoms with Gasteiger partial charge in [-0.2, -0.15) is 13.2 Å². The van der Waals surface area contributed by atoms with Gasteiger partial charge in [0.25, 0.3) is 0 Å². The number of allylic oxidation sites excluding steroid dienone is 1. The molecule has 96 valence electrons. The van der Waals surface area contributed by atoms with Crippen molar-refractivity contribution in [1.29, 1.82) is 0 Å². The van der Waals surface area contributed by atoms with Gasteiger partial charge in [-0.1, -0.05) is 45.8 Å². The van der Waals surface area contributed by atoms with Crippen molar-refractivity contribution in [2.24, 2.45) is 11.8 Å². The number of aliphatic hydroxyl groups is 1. The molecule has 0 bridgehead atoms. The van der Waals surface area contributed by atoms with Gasteiger partial charge in [0, 0.05) is 0 Å². The van der Waals surface area contributed by atoms with Crippen LogP contribution < -0.4 is 0 Å². The Morgan fingerprint density at radius 1 is 1.19 bits per heavy atom. The molecular formula is C12H21F3O. The molecule has 16 heavy (non-hydrogen) atoms. The SMILES string of the molecule is CCCC[C@H](O)[C@@H](/C=C\C(C)C)C(F)(F)F. The Labute approximate surface area is 95.4 Å². The van der Waals surface area contributed by atoms with Gasteiger partial charge < -0.3 is 5.11 Å². The molecular weight excluding hydrogens is 217 g/mol. The second-order valence-electron chi connectivity index (χ2n) is 4.41. The third-order valence-corrected chi connectivity index (χ3v) is 2.35. The molecule has 0 aromatic heterocycles. The lowest BCUT2D eigenvalue weighted by molar-refractivity contribution is -0.185. The van der Waals surface area contributed by atoms with Gasteiger partial charge in [0.2, 0.25) is 0 Å². The highest BCUT2D eigenvalue weighted by Gasteiger charge is 2.42. The Bertz CT molecular complexity index is 209. The number of rotatable bonds is 6. The molecule has 0 radical (unpaired) electrons. The van der Waals surface area contributed by atoms with Gasteiger partial charge in [-0.25, -0.2) is 0 Å². The van der Waals surface area contributed by atoms with E-state index in [2.05, 4.69) is 0 Å². The largest absolute Gasteiger partial charge is 0.397 e. The molecule has 0 aliphatic heterocycles. The summed E-state index contributed by atoms with van der Waals surface area (Å²) in [5.41, 5.74) is 0. The van der Waals surface area contributed by atoms with Crippen LogP contribution >= 0.6 is 0 Å². The van der Waals surface area contributed by atoms with Crippen molar-refractivity contribution in [2.45, 2.75) is 52.3 Å². The van der Waals surface area contributed by atoms with Crippen molar-refractivity contribution in [3.05, 3.63) is 12.2 Å². The van der Waals surface area contributed by atoms with Crippen molar-refractivity contribution in [3.8, 4) is 0 Å². The lowest BCUT2D eigenvalue weighted by Gasteiger charge is -2.22. The Morgan fingerprint density at radius 3 is 2.12 bits per heavy atom. The highest BCUT2D eigenvalue weighted by molar-refractivity contribution is 4.97. The van der Waals surface area contributed by atoms with Crippen LogP contribution in [-0.4, -0.2) is 17.4 Å². The van der Waals surface area contributed by atoms with Gasteiger partial charge in [-0.3, -0.25) is 0 Å². The van der Waals surface area contributed by atoms with E-state index in [0.717, 1.165) is 12.5 Å². The number of aliphatic hydroxyl groups excluding tert-OH is 1. The maximum Gasteiger partial charge on any atom is 0.397 e. The first kappa shape index (κ1) is 15.5. The minimum absolute atomic E-state index is 0.0585. The van der Waals surface area contributed by atoms with Crippen LogP contribution in [0.4, 0.5) is 13.2 Å². The second-order valence-corrected chi connectivity index (χ2v) is 4.41. The Hall–Kier alpha value is -0.510. The Kier molecular flexibility index (Phi) is 6.72. The Balaban J connectivity index is 4.55. The summed E-state index contributed by atoms with van der Waals surface area (Å²) >= 11 is 0. The third kappa shape index (κ3) is 6.16. The first-order valence-electron chi connectivity index (χ1n) is 5.72. The average Bonchev–Trinajstić information content (AvgIpc) is 2.12. The molecule has 0 spiro atoms. The molecule has 0 aromatic carbocycles. The Morgan fingerprint density at radius 2 is 1.75 bits per heavy atom. The van der Waals surface area contributed by atoms with Gasteiger partial charge >= 0.3 is 6.18 Å². The minimum Gasteiger partial charge on any atom is -0.392 e. The van der Waals surface area contributed by atoms with E-state index in [1.54, 1.807) is 0 Å². The fourth-order valence-corrected chi connectivity index (χ4v) is 1.39. The van der Waals surface area contributed by atoms with E-state index in [-0.39, 0.29) is 12.3 Å². The summed E-state index contributed by atoms with van der Waals surface area (Å²) in [6.45, 7) is 5.50. The van der Waals surface area contributed by atoms with E-state index in [4.69, 9.17) is 0 Å². The molecule has 0 amide bonds. The molecule has 1 N–H and O–H groups in total. The highest BCUT2D eigenvalue weighted by atomic mass is 19.4. The number of unbranched alkanes of at least 4 members (excludes halogenated alkanes) is 1. The van der Waals surface area contributed by atoms with Crippen LogP contribution in [0.3, 0.4) is 0 Å². The number of hydrogen-bond donors (Lipinski definition) is 1. The summed E-state index contributed by atoms with van der Waals surface area (Å²) in [7, 11) is 0. The summed E-state index contributed by atoms with van der Waals surface area (Å²) in [5.74, 6) is -1.68. The van der Waals surface area contributed by atoms with E-state index in [1.165, 1.54) is 6.08 Å². The number of halogens is 3. The quantitative estimate of drug-likeness (QED) is 0.695. The molecule has 0 aromatic rings. The second kappa shape index (κ2) is 6.94. The van der Waals surface area contributed by atoms with Crippen molar-refractivity contribution >= 4 is 0 Å². The first-order chi connectivity index (χ1) is 7.29. The fraction of sp³-hybridized carbons (Fsp3) is 0.833. The van der Waals surface area contributed by atoms with Gasteiger partial charge in [0.1, 0.15) is 0 Å². The average molecular weight is 238 g/mol. The van der Waals surface area contributed by atoms with Crippen LogP contribution in [0.15, 0.2) is 12.2 Å². The zero-order valence-corrected chi connectivity index (χ0v) is 10.1. The molecule has 0 saturated carbocycles. The monoisotopic (exact) mass is 238 g/mol. The fourth-order valence-electron chi connectivity index (χ4n) is 1.39. The van der Waals surface area contributed by atoms with Gasteiger partial charge in [-0.15, -0.1) is 0 Å². The van der Waals surface area contributed by atoms with E-state index in [9.17, 15) is 18.3 Å².